The van der Waals surface area contributed by atoms with Crippen molar-refractivity contribution in [1.82, 2.24) is 20.0 Å². The normalized spacial score (nSPS) is 25.1. The molecule has 4 nitrogen and oxygen atoms in total. The van der Waals surface area contributed by atoms with Gasteiger partial charge in [-0.15, -0.1) is 0 Å². The Labute approximate surface area is 133 Å². The van der Waals surface area contributed by atoms with Crippen LogP contribution in [0.15, 0.2) is 0 Å². The van der Waals surface area contributed by atoms with E-state index in [4.69, 9.17) is 11.6 Å². The van der Waals surface area contributed by atoms with Crippen molar-refractivity contribution in [2.45, 2.75) is 59.7 Å². The summed E-state index contributed by atoms with van der Waals surface area (Å²) in [6, 6.07) is 1.05. The standard InChI is InChI=1S/C16H29ClN4/c1-11-7-8-18-14(16(3,4)5)10-21(11)9-13-15(17)12(2)19-20(13)6/h11,14,18H,7-10H2,1-6H3. The molecule has 1 aliphatic rings. The van der Waals surface area contributed by atoms with E-state index in [2.05, 4.69) is 43.0 Å². The van der Waals surface area contributed by atoms with Gasteiger partial charge >= 0.3 is 0 Å². The maximum absolute atomic E-state index is 6.42. The van der Waals surface area contributed by atoms with E-state index in [0.29, 0.717) is 12.1 Å². The summed E-state index contributed by atoms with van der Waals surface area (Å²) in [6.45, 7) is 14.2. The van der Waals surface area contributed by atoms with Crippen LogP contribution in [0.25, 0.3) is 0 Å². The first-order valence-corrected chi connectivity index (χ1v) is 8.23. The number of hydrogen-bond donors (Lipinski definition) is 1. The van der Waals surface area contributed by atoms with Crippen LogP contribution in [0, 0.1) is 12.3 Å². The topological polar surface area (TPSA) is 33.1 Å². The monoisotopic (exact) mass is 312 g/mol. The highest BCUT2D eigenvalue weighted by Gasteiger charge is 2.31. The second-order valence-electron chi connectivity index (χ2n) is 7.41. The van der Waals surface area contributed by atoms with Crippen molar-refractivity contribution in [3.05, 3.63) is 16.4 Å². The maximum atomic E-state index is 6.42. The van der Waals surface area contributed by atoms with Gasteiger partial charge in [-0.2, -0.15) is 5.10 Å². The highest BCUT2D eigenvalue weighted by atomic mass is 35.5. The van der Waals surface area contributed by atoms with Gasteiger partial charge in [0, 0.05) is 32.2 Å². The molecule has 0 aromatic carbocycles. The first-order valence-electron chi connectivity index (χ1n) is 7.85. The van der Waals surface area contributed by atoms with Gasteiger partial charge in [0.1, 0.15) is 0 Å². The quantitative estimate of drug-likeness (QED) is 0.911. The van der Waals surface area contributed by atoms with Crippen molar-refractivity contribution in [3.8, 4) is 0 Å². The maximum Gasteiger partial charge on any atom is 0.0860 e. The first kappa shape index (κ1) is 16.8. The molecule has 0 bridgehead atoms. The minimum Gasteiger partial charge on any atom is -0.312 e. The fraction of sp³-hybridized carbons (Fsp3) is 0.812. The molecule has 120 valence electrons. The Balaban J connectivity index is 2.19. The molecule has 0 radical (unpaired) electrons. The number of rotatable bonds is 2. The van der Waals surface area contributed by atoms with Gasteiger partial charge in [0.2, 0.25) is 0 Å². The number of aromatic nitrogens is 2. The van der Waals surface area contributed by atoms with Crippen molar-refractivity contribution in [3.63, 3.8) is 0 Å². The largest absolute Gasteiger partial charge is 0.312 e. The zero-order chi connectivity index (χ0) is 15.8. The predicted molar refractivity (Wildman–Crippen MR) is 88.7 cm³/mol. The van der Waals surface area contributed by atoms with Gasteiger partial charge in [-0.3, -0.25) is 9.58 Å². The van der Waals surface area contributed by atoms with Crippen LogP contribution in [-0.2, 0) is 13.6 Å². The Morgan fingerprint density at radius 2 is 2.05 bits per heavy atom. The van der Waals surface area contributed by atoms with Crippen LogP contribution in [0.1, 0.15) is 45.5 Å². The molecule has 2 atom stereocenters. The van der Waals surface area contributed by atoms with E-state index >= 15 is 0 Å². The van der Waals surface area contributed by atoms with Gasteiger partial charge in [-0.25, -0.2) is 0 Å². The number of nitrogens with zero attached hydrogens (tertiary/aromatic N) is 3. The van der Waals surface area contributed by atoms with E-state index in [-0.39, 0.29) is 5.41 Å². The number of aryl methyl sites for hydroxylation is 2. The molecular weight excluding hydrogens is 284 g/mol. The van der Waals surface area contributed by atoms with Crippen LogP contribution >= 0.6 is 11.6 Å². The van der Waals surface area contributed by atoms with Crippen molar-refractivity contribution < 1.29 is 0 Å². The molecule has 0 spiro atoms. The van der Waals surface area contributed by atoms with E-state index in [9.17, 15) is 0 Å². The summed E-state index contributed by atoms with van der Waals surface area (Å²) in [7, 11) is 1.98. The van der Waals surface area contributed by atoms with Crippen LogP contribution < -0.4 is 5.32 Å². The Bertz CT molecular complexity index is 489. The summed E-state index contributed by atoms with van der Waals surface area (Å²) in [5.74, 6) is 0. The molecule has 1 aromatic heterocycles. The zero-order valence-electron chi connectivity index (χ0n) is 14.2. The highest BCUT2D eigenvalue weighted by molar-refractivity contribution is 6.31. The summed E-state index contributed by atoms with van der Waals surface area (Å²) in [5, 5.41) is 8.95. The van der Waals surface area contributed by atoms with Crippen LogP contribution in [-0.4, -0.2) is 39.9 Å². The minimum absolute atomic E-state index is 0.258. The van der Waals surface area contributed by atoms with Gasteiger partial charge < -0.3 is 5.32 Å². The fourth-order valence-electron chi connectivity index (χ4n) is 2.97. The van der Waals surface area contributed by atoms with E-state index < -0.39 is 0 Å². The van der Waals surface area contributed by atoms with Crippen molar-refractivity contribution in [1.29, 1.82) is 0 Å². The fourth-order valence-corrected chi connectivity index (χ4v) is 3.19. The Hall–Kier alpha value is -0.580. The lowest BCUT2D eigenvalue weighted by molar-refractivity contribution is 0.154. The van der Waals surface area contributed by atoms with Crippen molar-refractivity contribution in [2.24, 2.45) is 12.5 Å². The van der Waals surface area contributed by atoms with E-state index in [0.717, 1.165) is 36.0 Å². The van der Waals surface area contributed by atoms with Gasteiger partial charge in [-0.1, -0.05) is 32.4 Å². The van der Waals surface area contributed by atoms with Crippen molar-refractivity contribution in [2.75, 3.05) is 13.1 Å². The summed E-state index contributed by atoms with van der Waals surface area (Å²) in [4.78, 5) is 2.54. The van der Waals surface area contributed by atoms with Crippen LogP contribution in [0.5, 0.6) is 0 Å². The van der Waals surface area contributed by atoms with Gasteiger partial charge in [0.25, 0.3) is 0 Å². The van der Waals surface area contributed by atoms with Crippen LogP contribution in [0.2, 0.25) is 5.02 Å². The Kier molecular flexibility index (Phi) is 5.01. The second-order valence-corrected chi connectivity index (χ2v) is 7.79. The smallest absolute Gasteiger partial charge is 0.0860 e. The third-order valence-electron chi connectivity index (χ3n) is 4.65. The molecule has 1 N–H and O–H groups in total. The lowest BCUT2D eigenvalue weighted by atomic mass is 9.86. The molecule has 21 heavy (non-hydrogen) atoms. The van der Waals surface area contributed by atoms with E-state index in [1.54, 1.807) is 0 Å². The first-order chi connectivity index (χ1) is 9.70. The Morgan fingerprint density at radius 3 is 2.57 bits per heavy atom. The minimum atomic E-state index is 0.258. The van der Waals surface area contributed by atoms with Gasteiger partial charge in [-0.05, 0) is 32.2 Å². The molecule has 1 aliphatic heterocycles. The Morgan fingerprint density at radius 1 is 1.38 bits per heavy atom. The van der Waals surface area contributed by atoms with Gasteiger partial charge in [0.15, 0.2) is 0 Å². The van der Waals surface area contributed by atoms with E-state index in [1.165, 1.54) is 6.42 Å². The van der Waals surface area contributed by atoms with Gasteiger partial charge in [0.05, 0.1) is 16.4 Å². The molecule has 2 unspecified atom stereocenters. The summed E-state index contributed by atoms with van der Waals surface area (Å²) >= 11 is 6.42. The number of halogens is 1. The summed E-state index contributed by atoms with van der Waals surface area (Å²) in [6.07, 6.45) is 1.17. The zero-order valence-corrected chi connectivity index (χ0v) is 15.0. The molecule has 0 saturated carbocycles. The average Bonchev–Trinajstić information content (AvgIpc) is 2.53. The lowest BCUT2D eigenvalue weighted by Crippen LogP contribution is -2.47. The lowest BCUT2D eigenvalue weighted by Gasteiger charge is -2.35. The molecule has 1 saturated heterocycles. The number of hydrogen-bond acceptors (Lipinski definition) is 3. The molecule has 2 heterocycles. The molecule has 5 heteroatoms. The summed E-state index contributed by atoms with van der Waals surface area (Å²) < 4.78 is 1.93. The third kappa shape index (κ3) is 3.79. The summed E-state index contributed by atoms with van der Waals surface area (Å²) in [5.41, 5.74) is 2.30. The third-order valence-corrected chi connectivity index (χ3v) is 5.14. The second kappa shape index (κ2) is 6.27. The molecular formula is C16H29ClN4. The molecule has 0 amide bonds. The van der Waals surface area contributed by atoms with E-state index in [1.807, 2.05) is 18.7 Å². The molecule has 1 fully saturated rings. The highest BCUT2D eigenvalue weighted by Crippen LogP contribution is 2.26. The molecule has 1 aromatic rings. The van der Waals surface area contributed by atoms with Crippen LogP contribution in [0.4, 0.5) is 0 Å². The molecule has 2 rings (SSSR count). The number of nitrogens with one attached hydrogen (secondary N) is 1. The molecule has 0 aliphatic carbocycles. The van der Waals surface area contributed by atoms with Crippen LogP contribution in [0.3, 0.4) is 0 Å². The SMILES string of the molecule is Cc1nn(C)c(CN2CC(C(C)(C)C)NCCC2C)c1Cl. The van der Waals surface area contributed by atoms with Crippen molar-refractivity contribution >= 4 is 11.6 Å². The average molecular weight is 313 g/mol. The predicted octanol–water partition coefficient (Wildman–Crippen LogP) is 2.98.